The van der Waals surface area contributed by atoms with E-state index in [4.69, 9.17) is 5.73 Å². The molecule has 1 aliphatic heterocycles. The summed E-state index contributed by atoms with van der Waals surface area (Å²) in [4.78, 5) is 35.3. The van der Waals surface area contributed by atoms with Crippen LogP contribution in [0.15, 0.2) is 0 Å². The third-order valence-corrected chi connectivity index (χ3v) is 2.81. The summed E-state index contributed by atoms with van der Waals surface area (Å²) in [5.41, 5.74) is 5.71. The van der Waals surface area contributed by atoms with Crippen molar-refractivity contribution in [2.45, 2.75) is 33.2 Å². The summed E-state index contributed by atoms with van der Waals surface area (Å²) in [6.07, 6.45) is 0.143. The number of carbonyl (C=O) groups excluding carboxylic acids is 3. The lowest BCUT2D eigenvalue weighted by molar-refractivity contribution is -0.145. The van der Waals surface area contributed by atoms with E-state index in [2.05, 4.69) is 5.32 Å². The molecule has 17 heavy (non-hydrogen) atoms. The second kappa shape index (κ2) is 4.83. The lowest BCUT2D eigenvalue weighted by Crippen LogP contribution is -2.54. The molecule has 0 saturated carbocycles. The van der Waals surface area contributed by atoms with Gasteiger partial charge < -0.3 is 10.6 Å². The number of carbonyl (C=O) groups is 3. The van der Waals surface area contributed by atoms with Crippen molar-refractivity contribution in [1.29, 1.82) is 0 Å². The van der Waals surface area contributed by atoms with Crippen molar-refractivity contribution in [1.82, 2.24) is 10.2 Å². The van der Waals surface area contributed by atoms with Crippen LogP contribution < -0.4 is 11.1 Å². The van der Waals surface area contributed by atoms with Gasteiger partial charge in [0, 0.05) is 12.5 Å². The van der Waals surface area contributed by atoms with Crippen molar-refractivity contribution in [2.75, 3.05) is 13.1 Å². The van der Waals surface area contributed by atoms with Gasteiger partial charge in [0.1, 0.15) is 13.1 Å². The van der Waals surface area contributed by atoms with E-state index in [1.807, 2.05) is 20.8 Å². The molecule has 0 aromatic heterocycles. The largest absolute Gasteiger partial charge is 0.327 e. The number of imide groups is 1. The SMILES string of the molecule is CC(C)(C)C(N)CC(=O)N1CC(=O)NC(=O)C1. The number of nitrogens with one attached hydrogen (secondary N) is 1. The number of amides is 3. The maximum absolute atomic E-state index is 11.9. The smallest absolute Gasteiger partial charge is 0.246 e. The van der Waals surface area contributed by atoms with Crippen LogP contribution in [-0.2, 0) is 14.4 Å². The normalized spacial score (nSPS) is 18.9. The van der Waals surface area contributed by atoms with E-state index in [-0.39, 0.29) is 36.9 Å². The summed E-state index contributed by atoms with van der Waals surface area (Å²) in [7, 11) is 0. The van der Waals surface area contributed by atoms with Crippen LogP contribution >= 0.6 is 0 Å². The van der Waals surface area contributed by atoms with Gasteiger partial charge in [0.05, 0.1) is 0 Å². The van der Waals surface area contributed by atoms with Gasteiger partial charge in [-0.1, -0.05) is 20.8 Å². The Morgan fingerprint density at radius 2 is 1.82 bits per heavy atom. The Morgan fingerprint density at radius 3 is 2.24 bits per heavy atom. The Balaban J connectivity index is 2.59. The third-order valence-electron chi connectivity index (χ3n) is 2.81. The molecule has 1 atom stereocenters. The predicted molar refractivity (Wildman–Crippen MR) is 61.8 cm³/mol. The van der Waals surface area contributed by atoms with Gasteiger partial charge in [-0.25, -0.2) is 0 Å². The second-order valence-electron chi connectivity index (χ2n) is 5.40. The Kier molecular flexibility index (Phi) is 3.87. The Labute approximate surface area is 101 Å². The minimum Gasteiger partial charge on any atom is -0.327 e. The van der Waals surface area contributed by atoms with Crippen molar-refractivity contribution < 1.29 is 14.4 Å². The maximum Gasteiger partial charge on any atom is 0.246 e. The second-order valence-corrected chi connectivity index (χ2v) is 5.40. The molecular formula is C11H19N3O3. The zero-order valence-electron chi connectivity index (χ0n) is 10.4. The van der Waals surface area contributed by atoms with E-state index in [1.54, 1.807) is 0 Å². The molecular weight excluding hydrogens is 222 g/mol. The maximum atomic E-state index is 11.9. The van der Waals surface area contributed by atoms with Gasteiger partial charge in [0.15, 0.2) is 0 Å². The van der Waals surface area contributed by atoms with Crippen molar-refractivity contribution in [3.8, 4) is 0 Å². The van der Waals surface area contributed by atoms with Gasteiger partial charge in [0.2, 0.25) is 17.7 Å². The van der Waals surface area contributed by atoms with Crippen LogP contribution in [0.3, 0.4) is 0 Å². The first-order valence-electron chi connectivity index (χ1n) is 5.56. The first-order valence-corrected chi connectivity index (χ1v) is 5.56. The highest BCUT2D eigenvalue weighted by molar-refractivity contribution is 6.02. The number of hydrogen-bond donors (Lipinski definition) is 2. The van der Waals surface area contributed by atoms with Crippen molar-refractivity contribution in [3.05, 3.63) is 0 Å². The highest BCUT2D eigenvalue weighted by Gasteiger charge is 2.30. The number of piperazine rings is 1. The molecule has 1 saturated heterocycles. The minimum absolute atomic E-state index is 0.0680. The Bertz CT molecular complexity index is 330. The number of rotatable bonds is 2. The molecule has 1 heterocycles. The zero-order valence-corrected chi connectivity index (χ0v) is 10.4. The van der Waals surface area contributed by atoms with E-state index in [0.29, 0.717) is 0 Å². The van der Waals surface area contributed by atoms with Crippen molar-refractivity contribution in [3.63, 3.8) is 0 Å². The summed E-state index contributed by atoms with van der Waals surface area (Å²) in [6, 6.07) is -0.296. The first kappa shape index (κ1) is 13.6. The van der Waals surface area contributed by atoms with Crippen LogP contribution in [0.5, 0.6) is 0 Å². The van der Waals surface area contributed by atoms with Gasteiger partial charge in [0.25, 0.3) is 0 Å². The summed E-state index contributed by atoms with van der Waals surface area (Å²) >= 11 is 0. The van der Waals surface area contributed by atoms with Crippen molar-refractivity contribution in [2.24, 2.45) is 11.1 Å². The molecule has 1 rings (SSSR count). The molecule has 0 bridgehead atoms. The molecule has 1 aliphatic rings. The molecule has 0 aromatic rings. The van der Waals surface area contributed by atoms with Gasteiger partial charge in [-0.15, -0.1) is 0 Å². The fourth-order valence-corrected chi connectivity index (χ4v) is 1.44. The van der Waals surface area contributed by atoms with Gasteiger partial charge in [-0.3, -0.25) is 19.7 Å². The molecule has 96 valence electrons. The standard InChI is InChI=1S/C11H19N3O3/c1-11(2,3)7(12)4-10(17)14-5-8(15)13-9(16)6-14/h7H,4-6,12H2,1-3H3,(H,13,15,16). The van der Waals surface area contributed by atoms with Crippen LogP contribution in [0.4, 0.5) is 0 Å². The van der Waals surface area contributed by atoms with E-state index < -0.39 is 11.8 Å². The average Bonchev–Trinajstić information content (AvgIpc) is 2.14. The molecule has 6 nitrogen and oxygen atoms in total. The monoisotopic (exact) mass is 241 g/mol. The van der Waals surface area contributed by atoms with E-state index >= 15 is 0 Å². The summed E-state index contributed by atoms with van der Waals surface area (Å²) in [5, 5.41) is 2.14. The lowest BCUT2D eigenvalue weighted by atomic mass is 9.85. The molecule has 0 radical (unpaired) electrons. The average molecular weight is 241 g/mol. The van der Waals surface area contributed by atoms with Crippen LogP contribution in [-0.4, -0.2) is 41.8 Å². The summed E-state index contributed by atoms with van der Waals surface area (Å²) in [5.74, 6) is -1.14. The van der Waals surface area contributed by atoms with Gasteiger partial charge >= 0.3 is 0 Å². The first-order chi connectivity index (χ1) is 7.70. The highest BCUT2D eigenvalue weighted by atomic mass is 16.2. The molecule has 0 spiro atoms. The molecule has 3 N–H and O–H groups in total. The number of hydrogen-bond acceptors (Lipinski definition) is 4. The summed E-state index contributed by atoms with van der Waals surface area (Å²) in [6.45, 7) is 5.69. The minimum atomic E-state index is -0.445. The zero-order chi connectivity index (χ0) is 13.2. The number of nitrogens with zero attached hydrogens (tertiary/aromatic N) is 1. The topological polar surface area (TPSA) is 92.5 Å². The van der Waals surface area contributed by atoms with Crippen LogP contribution in [0.25, 0.3) is 0 Å². The molecule has 1 unspecified atom stereocenters. The third kappa shape index (κ3) is 3.81. The molecule has 0 aliphatic carbocycles. The quantitative estimate of drug-likeness (QED) is 0.621. The summed E-state index contributed by atoms with van der Waals surface area (Å²) < 4.78 is 0. The number of nitrogens with two attached hydrogens (primary N) is 1. The van der Waals surface area contributed by atoms with E-state index in [0.717, 1.165) is 0 Å². The Morgan fingerprint density at radius 1 is 1.35 bits per heavy atom. The lowest BCUT2D eigenvalue weighted by Gasteiger charge is -2.30. The van der Waals surface area contributed by atoms with Crippen molar-refractivity contribution >= 4 is 17.7 Å². The predicted octanol–water partition coefficient (Wildman–Crippen LogP) is -0.765. The van der Waals surface area contributed by atoms with Crippen LogP contribution in [0, 0.1) is 5.41 Å². The Hall–Kier alpha value is -1.43. The van der Waals surface area contributed by atoms with Gasteiger partial charge in [-0.05, 0) is 5.41 Å². The fraction of sp³-hybridized carbons (Fsp3) is 0.727. The van der Waals surface area contributed by atoms with Gasteiger partial charge in [-0.2, -0.15) is 0 Å². The fourth-order valence-electron chi connectivity index (χ4n) is 1.44. The van der Waals surface area contributed by atoms with Crippen LogP contribution in [0.2, 0.25) is 0 Å². The molecule has 0 aromatic carbocycles. The van der Waals surface area contributed by atoms with E-state index in [9.17, 15) is 14.4 Å². The molecule has 1 fully saturated rings. The van der Waals surface area contributed by atoms with Crippen LogP contribution in [0.1, 0.15) is 27.2 Å². The van der Waals surface area contributed by atoms with E-state index in [1.165, 1.54) is 4.90 Å². The molecule has 6 heteroatoms. The molecule has 3 amide bonds. The highest BCUT2D eigenvalue weighted by Crippen LogP contribution is 2.20.